The van der Waals surface area contributed by atoms with Crippen LogP contribution in [0.15, 0.2) is 0 Å². The van der Waals surface area contributed by atoms with Crippen LogP contribution in [0, 0.1) is 5.92 Å². The Kier molecular flexibility index (Phi) is 2.96. The van der Waals surface area contributed by atoms with E-state index < -0.39 is 5.97 Å². The summed E-state index contributed by atoms with van der Waals surface area (Å²) in [6.07, 6.45) is 3.83. The molecule has 1 unspecified atom stereocenters. The molecule has 1 fully saturated rings. The van der Waals surface area contributed by atoms with Gasteiger partial charge in [-0.3, -0.25) is 4.79 Å². The van der Waals surface area contributed by atoms with Crippen LogP contribution in [0.3, 0.4) is 0 Å². The van der Waals surface area contributed by atoms with Crippen molar-refractivity contribution in [1.82, 2.24) is 4.90 Å². The summed E-state index contributed by atoms with van der Waals surface area (Å²) in [7, 11) is 3.93. The minimum absolute atomic E-state index is 0.160. The van der Waals surface area contributed by atoms with Gasteiger partial charge in [-0.1, -0.05) is 12.8 Å². The second-order valence-corrected chi connectivity index (χ2v) is 4.61. The number of carbonyl (C=O) groups is 1. The molecule has 1 rings (SSSR count). The first-order valence-electron chi connectivity index (χ1n) is 4.83. The number of aliphatic carboxylic acids is 1. The molecule has 1 aliphatic rings. The standard InChI is InChI=1S/C10H19NO2/c1-10(11(2)3,7-9(12)13)6-8-4-5-8/h8H,4-7H2,1-3H3,(H,12,13). The second kappa shape index (κ2) is 3.66. The van der Waals surface area contributed by atoms with Crippen molar-refractivity contribution in [2.24, 2.45) is 5.92 Å². The fourth-order valence-corrected chi connectivity index (χ4v) is 1.68. The topological polar surface area (TPSA) is 40.5 Å². The van der Waals surface area contributed by atoms with E-state index in [4.69, 9.17) is 5.11 Å². The van der Waals surface area contributed by atoms with Crippen molar-refractivity contribution in [3.8, 4) is 0 Å². The predicted octanol–water partition coefficient (Wildman–Crippen LogP) is 1.58. The Hall–Kier alpha value is -0.570. The highest BCUT2D eigenvalue weighted by atomic mass is 16.4. The molecule has 1 atom stereocenters. The van der Waals surface area contributed by atoms with Gasteiger partial charge in [0.25, 0.3) is 0 Å². The zero-order valence-electron chi connectivity index (χ0n) is 8.71. The Balaban J connectivity index is 2.54. The number of hydrogen-bond acceptors (Lipinski definition) is 2. The molecular formula is C10H19NO2. The zero-order chi connectivity index (χ0) is 10.1. The van der Waals surface area contributed by atoms with Gasteiger partial charge in [-0.05, 0) is 33.4 Å². The van der Waals surface area contributed by atoms with E-state index >= 15 is 0 Å². The number of carboxylic acid groups (broad SMARTS) is 1. The van der Waals surface area contributed by atoms with Crippen LogP contribution >= 0.6 is 0 Å². The smallest absolute Gasteiger partial charge is 0.305 e. The van der Waals surface area contributed by atoms with E-state index in [-0.39, 0.29) is 12.0 Å². The summed E-state index contributed by atoms with van der Waals surface area (Å²) in [6, 6.07) is 0. The van der Waals surface area contributed by atoms with E-state index in [0.29, 0.717) is 0 Å². The average molecular weight is 185 g/mol. The number of carboxylic acids is 1. The van der Waals surface area contributed by atoms with Crippen LogP contribution in [-0.2, 0) is 4.79 Å². The number of hydrogen-bond donors (Lipinski definition) is 1. The molecule has 0 radical (unpaired) electrons. The van der Waals surface area contributed by atoms with E-state index in [1.54, 1.807) is 0 Å². The predicted molar refractivity (Wildman–Crippen MR) is 51.7 cm³/mol. The Morgan fingerprint density at radius 3 is 2.38 bits per heavy atom. The molecule has 0 aliphatic heterocycles. The van der Waals surface area contributed by atoms with Gasteiger partial charge in [-0.2, -0.15) is 0 Å². The van der Waals surface area contributed by atoms with Gasteiger partial charge < -0.3 is 10.0 Å². The highest BCUT2D eigenvalue weighted by molar-refractivity contribution is 5.68. The lowest BCUT2D eigenvalue weighted by Gasteiger charge is -2.35. The third-order valence-electron chi connectivity index (χ3n) is 3.04. The molecule has 3 nitrogen and oxygen atoms in total. The van der Waals surface area contributed by atoms with Gasteiger partial charge >= 0.3 is 5.97 Å². The quantitative estimate of drug-likeness (QED) is 0.707. The zero-order valence-corrected chi connectivity index (χ0v) is 8.71. The monoisotopic (exact) mass is 185 g/mol. The molecule has 3 heteroatoms. The van der Waals surface area contributed by atoms with Crippen LogP contribution in [0.5, 0.6) is 0 Å². The maximum absolute atomic E-state index is 10.7. The van der Waals surface area contributed by atoms with E-state index in [1.807, 2.05) is 25.9 Å². The summed E-state index contributed by atoms with van der Waals surface area (Å²) in [5.41, 5.74) is -0.160. The first-order chi connectivity index (χ1) is 5.94. The van der Waals surface area contributed by atoms with Crippen molar-refractivity contribution in [2.45, 2.75) is 38.1 Å². The average Bonchev–Trinajstić information content (AvgIpc) is 2.69. The van der Waals surface area contributed by atoms with E-state index in [0.717, 1.165) is 12.3 Å². The summed E-state index contributed by atoms with van der Waals surface area (Å²) in [5, 5.41) is 8.80. The molecule has 1 aliphatic carbocycles. The van der Waals surface area contributed by atoms with Crippen molar-refractivity contribution in [1.29, 1.82) is 0 Å². The van der Waals surface area contributed by atoms with Gasteiger partial charge in [-0.25, -0.2) is 0 Å². The van der Waals surface area contributed by atoms with Crippen molar-refractivity contribution in [3.05, 3.63) is 0 Å². The first kappa shape index (κ1) is 10.5. The molecular weight excluding hydrogens is 166 g/mol. The second-order valence-electron chi connectivity index (χ2n) is 4.61. The van der Waals surface area contributed by atoms with Crippen molar-refractivity contribution < 1.29 is 9.90 Å². The molecule has 0 heterocycles. The number of nitrogens with zero attached hydrogens (tertiary/aromatic N) is 1. The third-order valence-corrected chi connectivity index (χ3v) is 3.04. The molecule has 13 heavy (non-hydrogen) atoms. The van der Waals surface area contributed by atoms with Crippen LogP contribution in [0.4, 0.5) is 0 Å². The molecule has 1 N–H and O–H groups in total. The summed E-state index contributed by atoms with van der Waals surface area (Å²) in [6.45, 7) is 2.04. The first-order valence-corrected chi connectivity index (χ1v) is 4.83. The Morgan fingerprint density at radius 1 is 1.54 bits per heavy atom. The van der Waals surface area contributed by atoms with Crippen molar-refractivity contribution in [3.63, 3.8) is 0 Å². The summed E-state index contributed by atoms with van der Waals surface area (Å²) in [5.74, 6) is 0.0728. The Morgan fingerprint density at radius 2 is 2.08 bits per heavy atom. The van der Waals surface area contributed by atoms with Crippen molar-refractivity contribution in [2.75, 3.05) is 14.1 Å². The fourth-order valence-electron chi connectivity index (χ4n) is 1.68. The lowest BCUT2D eigenvalue weighted by atomic mass is 9.90. The molecule has 0 bridgehead atoms. The van der Waals surface area contributed by atoms with Crippen LogP contribution in [0.25, 0.3) is 0 Å². The van der Waals surface area contributed by atoms with Gasteiger partial charge in [0, 0.05) is 5.54 Å². The Labute approximate surface area is 79.7 Å². The highest BCUT2D eigenvalue weighted by Crippen LogP contribution is 2.39. The maximum atomic E-state index is 10.7. The van der Waals surface area contributed by atoms with Gasteiger partial charge in [0.2, 0.25) is 0 Å². The lowest BCUT2D eigenvalue weighted by Crippen LogP contribution is -2.43. The van der Waals surface area contributed by atoms with Crippen LogP contribution < -0.4 is 0 Å². The van der Waals surface area contributed by atoms with Gasteiger partial charge in [0.1, 0.15) is 0 Å². The van der Waals surface area contributed by atoms with Gasteiger partial charge in [0.15, 0.2) is 0 Å². The molecule has 0 saturated heterocycles. The van der Waals surface area contributed by atoms with E-state index in [9.17, 15) is 4.79 Å². The van der Waals surface area contributed by atoms with Crippen LogP contribution in [0.1, 0.15) is 32.6 Å². The van der Waals surface area contributed by atoms with Crippen LogP contribution in [0.2, 0.25) is 0 Å². The minimum atomic E-state index is -0.697. The normalized spacial score (nSPS) is 21.5. The Bertz CT molecular complexity index is 199. The molecule has 0 amide bonds. The third kappa shape index (κ3) is 2.99. The molecule has 0 aromatic carbocycles. The molecule has 0 aromatic rings. The van der Waals surface area contributed by atoms with Gasteiger partial charge in [-0.15, -0.1) is 0 Å². The van der Waals surface area contributed by atoms with E-state index in [2.05, 4.69) is 0 Å². The fraction of sp³-hybridized carbons (Fsp3) is 0.900. The molecule has 76 valence electrons. The lowest BCUT2D eigenvalue weighted by molar-refractivity contribution is -0.140. The maximum Gasteiger partial charge on any atom is 0.305 e. The van der Waals surface area contributed by atoms with Crippen LogP contribution in [-0.4, -0.2) is 35.6 Å². The molecule has 0 aromatic heterocycles. The van der Waals surface area contributed by atoms with Gasteiger partial charge in [0.05, 0.1) is 6.42 Å². The van der Waals surface area contributed by atoms with Crippen molar-refractivity contribution >= 4 is 5.97 Å². The minimum Gasteiger partial charge on any atom is -0.481 e. The SMILES string of the molecule is CN(C)C(C)(CC(=O)O)CC1CC1. The summed E-state index contributed by atoms with van der Waals surface area (Å²) < 4.78 is 0. The highest BCUT2D eigenvalue weighted by Gasteiger charge is 2.36. The molecule has 1 saturated carbocycles. The van der Waals surface area contributed by atoms with E-state index in [1.165, 1.54) is 12.8 Å². The largest absolute Gasteiger partial charge is 0.481 e. The number of rotatable bonds is 5. The summed E-state index contributed by atoms with van der Waals surface area (Å²) >= 11 is 0. The molecule has 0 spiro atoms. The summed E-state index contributed by atoms with van der Waals surface area (Å²) in [4.78, 5) is 12.7.